The Labute approximate surface area is 138 Å². The minimum Gasteiger partial charge on any atom is -0.466 e. The van der Waals surface area contributed by atoms with Crippen molar-refractivity contribution in [3.05, 3.63) is 30.3 Å². The number of piperidine rings is 1. The number of likely N-dealkylation sites (N-methyl/N-ethyl adjacent to an activating group) is 1. The Bertz CT molecular complexity index is 518. The van der Waals surface area contributed by atoms with E-state index in [2.05, 4.69) is 4.90 Å². The number of ether oxygens (including phenoxy) is 1. The molecule has 0 aliphatic carbocycles. The van der Waals surface area contributed by atoms with Crippen LogP contribution in [0.2, 0.25) is 0 Å². The molecule has 1 amide bonds. The first-order chi connectivity index (χ1) is 11.2. The Balaban J connectivity index is 1.94. The van der Waals surface area contributed by atoms with E-state index in [4.69, 9.17) is 4.74 Å². The molecule has 2 rings (SSSR count). The highest BCUT2D eigenvalue weighted by molar-refractivity contribution is 5.94. The van der Waals surface area contributed by atoms with Crippen LogP contribution in [0.3, 0.4) is 0 Å². The van der Waals surface area contributed by atoms with Gasteiger partial charge in [0, 0.05) is 18.8 Å². The number of rotatable bonds is 6. The third-order valence-corrected chi connectivity index (χ3v) is 4.17. The molecule has 5 heteroatoms. The van der Waals surface area contributed by atoms with Crippen molar-refractivity contribution in [1.82, 2.24) is 4.90 Å². The van der Waals surface area contributed by atoms with Crippen molar-refractivity contribution in [2.45, 2.75) is 26.7 Å². The van der Waals surface area contributed by atoms with Crippen LogP contribution in [0, 0.1) is 5.92 Å². The third kappa shape index (κ3) is 4.79. The standard InChI is InChI=1S/C18H26N2O3/c1-3-20(16-10-6-5-7-11-16)17(21)14-19-12-8-9-15(13-19)18(22)23-4-2/h5-7,10-11,15H,3-4,8-9,12-14H2,1-2H3. The molecule has 5 nitrogen and oxygen atoms in total. The van der Waals surface area contributed by atoms with Gasteiger partial charge in [-0.1, -0.05) is 18.2 Å². The molecule has 0 N–H and O–H groups in total. The van der Waals surface area contributed by atoms with Crippen molar-refractivity contribution in [1.29, 1.82) is 0 Å². The zero-order valence-corrected chi connectivity index (χ0v) is 14.0. The highest BCUT2D eigenvalue weighted by Crippen LogP contribution is 2.19. The molecule has 1 aliphatic rings. The van der Waals surface area contributed by atoms with Crippen LogP contribution in [0.4, 0.5) is 5.69 Å². The average Bonchev–Trinajstić information content (AvgIpc) is 2.57. The number of hydrogen-bond donors (Lipinski definition) is 0. The van der Waals surface area contributed by atoms with E-state index in [1.165, 1.54) is 0 Å². The Morgan fingerprint density at radius 3 is 2.65 bits per heavy atom. The van der Waals surface area contributed by atoms with E-state index in [0.29, 0.717) is 26.2 Å². The Morgan fingerprint density at radius 1 is 1.26 bits per heavy atom. The van der Waals surface area contributed by atoms with E-state index in [1.54, 1.807) is 4.90 Å². The highest BCUT2D eigenvalue weighted by Gasteiger charge is 2.28. The normalized spacial score (nSPS) is 18.4. The van der Waals surface area contributed by atoms with Gasteiger partial charge in [0.2, 0.25) is 5.91 Å². The minimum atomic E-state index is -0.139. The second kappa shape index (κ2) is 8.67. The highest BCUT2D eigenvalue weighted by atomic mass is 16.5. The van der Waals surface area contributed by atoms with Crippen molar-refractivity contribution in [2.75, 3.05) is 37.7 Å². The molecule has 23 heavy (non-hydrogen) atoms. The van der Waals surface area contributed by atoms with Crippen LogP contribution < -0.4 is 4.90 Å². The first-order valence-electron chi connectivity index (χ1n) is 8.40. The van der Waals surface area contributed by atoms with Gasteiger partial charge in [0.1, 0.15) is 0 Å². The number of para-hydroxylation sites is 1. The van der Waals surface area contributed by atoms with Gasteiger partial charge in [-0.05, 0) is 45.4 Å². The molecule has 0 bridgehead atoms. The zero-order valence-electron chi connectivity index (χ0n) is 14.0. The SMILES string of the molecule is CCOC(=O)C1CCCN(CC(=O)N(CC)c2ccccc2)C1. The first kappa shape index (κ1) is 17.5. The molecule has 0 spiro atoms. The maximum Gasteiger partial charge on any atom is 0.310 e. The maximum absolute atomic E-state index is 12.6. The molecule has 126 valence electrons. The summed E-state index contributed by atoms with van der Waals surface area (Å²) in [7, 11) is 0. The quantitative estimate of drug-likeness (QED) is 0.755. The summed E-state index contributed by atoms with van der Waals surface area (Å²) < 4.78 is 5.11. The molecule has 1 heterocycles. The molecule has 1 aromatic rings. The molecule has 1 fully saturated rings. The predicted octanol–water partition coefficient (Wildman–Crippen LogP) is 2.31. The second-order valence-electron chi connectivity index (χ2n) is 5.80. The first-order valence-corrected chi connectivity index (χ1v) is 8.40. The van der Waals surface area contributed by atoms with Gasteiger partial charge in [-0.25, -0.2) is 0 Å². The van der Waals surface area contributed by atoms with Crippen molar-refractivity contribution in [3.8, 4) is 0 Å². The number of benzene rings is 1. The van der Waals surface area contributed by atoms with E-state index >= 15 is 0 Å². The number of anilines is 1. The van der Waals surface area contributed by atoms with Gasteiger partial charge in [0.15, 0.2) is 0 Å². The number of carbonyl (C=O) groups is 2. The van der Waals surface area contributed by atoms with Gasteiger partial charge < -0.3 is 9.64 Å². The van der Waals surface area contributed by atoms with Crippen LogP contribution in [-0.4, -0.2) is 49.6 Å². The molecular formula is C18H26N2O3. The van der Waals surface area contributed by atoms with Crippen LogP contribution in [0.1, 0.15) is 26.7 Å². The lowest BCUT2D eigenvalue weighted by atomic mass is 9.98. The summed E-state index contributed by atoms with van der Waals surface area (Å²) in [4.78, 5) is 28.4. The number of likely N-dealkylation sites (tertiary alicyclic amines) is 1. The van der Waals surface area contributed by atoms with E-state index in [0.717, 1.165) is 25.1 Å². The monoisotopic (exact) mass is 318 g/mol. The predicted molar refractivity (Wildman–Crippen MR) is 90.3 cm³/mol. The molecule has 0 saturated carbocycles. The number of esters is 1. The average molecular weight is 318 g/mol. The molecule has 0 aromatic heterocycles. The van der Waals surface area contributed by atoms with Gasteiger partial charge in [0.05, 0.1) is 19.1 Å². The van der Waals surface area contributed by atoms with Crippen LogP contribution in [0.15, 0.2) is 30.3 Å². The van der Waals surface area contributed by atoms with Crippen LogP contribution >= 0.6 is 0 Å². The lowest BCUT2D eigenvalue weighted by Gasteiger charge is -2.32. The largest absolute Gasteiger partial charge is 0.466 e. The second-order valence-corrected chi connectivity index (χ2v) is 5.80. The maximum atomic E-state index is 12.6. The summed E-state index contributed by atoms with van der Waals surface area (Å²) in [6.07, 6.45) is 1.77. The zero-order chi connectivity index (χ0) is 16.7. The van der Waals surface area contributed by atoms with Crippen molar-refractivity contribution in [3.63, 3.8) is 0 Å². The summed E-state index contributed by atoms with van der Waals surface area (Å²) in [5, 5.41) is 0. The summed E-state index contributed by atoms with van der Waals surface area (Å²) in [6.45, 7) is 6.65. The molecule has 1 atom stereocenters. The summed E-state index contributed by atoms with van der Waals surface area (Å²) in [5.74, 6) is -0.174. The number of nitrogens with zero attached hydrogens (tertiary/aromatic N) is 2. The molecule has 0 radical (unpaired) electrons. The summed E-state index contributed by atoms with van der Waals surface area (Å²) in [6, 6.07) is 9.69. The van der Waals surface area contributed by atoms with E-state index < -0.39 is 0 Å². The summed E-state index contributed by atoms with van der Waals surface area (Å²) >= 11 is 0. The fraction of sp³-hybridized carbons (Fsp3) is 0.556. The molecule has 1 aliphatic heterocycles. The smallest absolute Gasteiger partial charge is 0.310 e. The van der Waals surface area contributed by atoms with Crippen molar-refractivity contribution in [2.24, 2.45) is 5.92 Å². The molecule has 1 unspecified atom stereocenters. The molecule has 1 saturated heterocycles. The van der Waals surface area contributed by atoms with Gasteiger partial charge in [-0.3, -0.25) is 14.5 Å². The van der Waals surface area contributed by atoms with Crippen molar-refractivity contribution >= 4 is 17.6 Å². The van der Waals surface area contributed by atoms with Gasteiger partial charge in [-0.15, -0.1) is 0 Å². The minimum absolute atomic E-state index is 0.0724. The third-order valence-electron chi connectivity index (χ3n) is 4.17. The summed E-state index contributed by atoms with van der Waals surface area (Å²) in [5.41, 5.74) is 0.916. The van der Waals surface area contributed by atoms with Gasteiger partial charge >= 0.3 is 5.97 Å². The Hall–Kier alpha value is -1.88. The van der Waals surface area contributed by atoms with Gasteiger partial charge in [0.25, 0.3) is 0 Å². The van der Waals surface area contributed by atoms with Crippen LogP contribution in [0.5, 0.6) is 0 Å². The fourth-order valence-electron chi connectivity index (χ4n) is 3.04. The van der Waals surface area contributed by atoms with E-state index in [9.17, 15) is 9.59 Å². The van der Waals surface area contributed by atoms with Gasteiger partial charge in [-0.2, -0.15) is 0 Å². The Kier molecular flexibility index (Phi) is 6.59. The van der Waals surface area contributed by atoms with E-state index in [1.807, 2.05) is 44.2 Å². The van der Waals surface area contributed by atoms with Crippen LogP contribution in [-0.2, 0) is 14.3 Å². The lowest BCUT2D eigenvalue weighted by Crippen LogP contribution is -2.46. The molecule has 1 aromatic carbocycles. The topological polar surface area (TPSA) is 49.9 Å². The fourth-order valence-corrected chi connectivity index (χ4v) is 3.04. The lowest BCUT2D eigenvalue weighted by molar-refractivity contribution is -0.150. The number of carbonyl (C=O) groups excluding carboxylic acids is 2. The van der Waals surface area contributed by atoms with E-state index in [-0.39, 0.29) is 17.8 Å². The Morgan fingerprint density at radius 2 is 2.00 bits per heavy atom. The van der Waals surface area contributed by atoms with Crippen LogP contribution in [0.25, 0.3) is 0 Å². The number of amides is 1. The molecular weight excluding hydrogens is 292 g/mol. The van der Waals surface area contributed by atoms with Crippen molar-refractivity contribution < 1.29 is 14.3 Å². The number of hydrogen-bond acceptors (Lipinski definition) is 4.